The lowest BCUT2D eigenvalue weighted by Crippen LogP contribution is -2.62. The average molecular weight is 390 g/mol. The van der Waals surface area contributed by atoms with Crippen LogP contribution in [-0.4, -0.2) is 41.0 Å². The summed E-state index contributed by atoms with van der Waals surface area (Å²) in [5.41, 5.74) is 0.889. The number of hydrogen-bond donors (Lipinski definition) is 1. The number of piperidine rings is 3. The summed E-state index contributed by atoms with van der Waals surface area (Å²) in [4.78, 5) is 19.2. The zero-order valence-corrected chi connectivity index (χ0v) is 15.1. The van der Waals surface area contributed by atoms with Crippen molar-refractivity contribution in [2.75, 3.05) is 13.1 Å². The van der Waals surface area contributed by atoms with Gasteiger partial charge in [0.05, 0.1) is 6.20 Å². The van der Waals surface area contributed by atoms with Crippen LogP contribution in [0.15, 0.2) is 39.4 Å². The van der Waals surface area contributed by atoms with Gasteiger partial charge in [0, 0.05) is 22.1 Å². The van der Waals surface area contributed by atoms with Crippen molar-refractivity contribution in [1.82, 2.24) is 15.2 Å². The quantitative estimate of drug-likeness (QED) is 0.874. The van der Waals surface area contributed by atoms with Gasteiger partial charge in [0.15, 0.2) is 5.76 Å². The normalized spacial score (nSPS) is 28.8. The van der Waals surface area contributed by atoms with Crippen LogP contribution in [0.1, 0.15) is 30.5 Å². The maximum Gasteiger partial charge on any atom is 0.307 e. The Morgan fingerprint density at radius 3 is 2.79 bits per heavy atom. The first-order valence-electron chi connectivity index (χ1n) is 8.39. The third-order valence-electron chi connectivity index (χ3n) is 5.31. The molecule has 4 heterocycles. The molecule has 5 nitrogen and oxygen atoms in total. The molecular formula is C18H20BrN3O2. The van der Waals surface area contributed by atoms with Crippen LogP contribution in [0.5, 0.6) is 0 Å². The predicted octanol–water partition coefficient (Wildman–Crippen LogP) is 3.32. The van der Waals surface area contributed by atoms with E-state index in [0.29, 0.717) is 17.7 Å². The van der Waals surface area contributed by atoms with Crippen molar-refractivity contribution in [3.8, 4) is 11.3 Å². The van der Waals surface area contributed by atoms with Crippen LogP contribution in [0.3, 0.4) is 0 Å². The van der Waals surface area contributed by atoms with E-state index in [9.17, 15) is 4.79 Å². The molecule has 0 aliphatic carbocycles. The molecule has 3 aliphatic rings. The minimum atomic E-state index is -0.223. The summed E-state index contributed by atoms with van der Waals surface area (Å²) in [6.45, 7) is 4.48. The van der Waals surface area contributed by atoms with E-state index in [0.717, 1.165) is 36.0 Å². The van der Waals surface area contributed by atoms with Gasteiger partial charge in [0.2, 0.25) is 0 Å². The fourth-order valence-corrected chi connectivity index (χ4v) is 4.40. The topological polar surface area (TPSA) is 58.4 Å². The summed E-state index contributed by atoms with van der Waals surface area (Å²) >= 11 is 3.49. The smallest absolute Gasteiger partial charge is 0.307 e. The van der Waals surface area contributed by atoms with E-state index in [-0.39, 0.29) is 17.8 Å². The highest BCUT2D eigenvalue weighted by atomic mass is 79.9. The maximum absolute atomic E-state index is 12.6. The summed E-state index contributed by atoms with van der Waals surface area (Å²) in [5.74, 6) is 1.06. The third kappa shape index (κ3) is 2.78. The molecule has 3 saturated heterocycles. The average Bonchev–Trinajstić information content (AvgIpc) is 3.09. The SMILES string of the molecule is CC1C(NC(=O)c2ncc(-c3ccccc3Br)o2)C2CCN1CC2. The van der Waals surface area contributed by atoms with Crippen molar-refractivity contribution >= 4 is 21.8 Å². The lowest BCUT2D eigenvalue weighted by atomic mass is 9.79. The molecule has 1 aromatic carbocycles. The fraction of sp³-hybridized carbons (Fsp3) is 0.444. The van der Waals surface area contributed by atoms with E-state index in [1.165, 1.54) is 0 Å². The predicted molar refractivity (Wildman–Crippen MR) is 94.7 cm³/mol. The van der Waals surface area contributed by atoms with E-state index >= 15 is 0 Å². The maximum atomic E-state index is 12.6. The van der Waals surface area contributed by atoms with Gasteiger partial charge in [0.25, 0.3) is 5.89 Å². The molecule has 6 heteroatoms. The number of halogens is 1. The van der Waals surface area contributed by atoms with E-state index in [4.69, 9.17) is 4.42 Å². The van der Waals surface area contributed by atoms with Crippen molar-refractivity contribution in [2.45, 2.75) is 31.8 Å². The van der Waals surface area contributed by atoms with Gasteiger partial charge >= 0.3 is 5.91 Å². The van der Waals surface area contributed by atoms with Gasteiger partial charge in [-0.2, -0.15) is 0 Å². The van der Waals surface area contributed by atoms with Crippen LogP contribution in [0.2, 0.25) is 0 Å². The van der Waals surface area contributed by atoms with Gasteiger partial charge in [-0.05, 0) is 44.8 Å². The van der Waals surface area contributed by atoms with Crippen molar-refractivity contribution in [3.05, 3.63) is 40.8 Å². The molecule has 0 spiro atoms. The zero-order chi connectivity index (χ0) is 16.7. The fourth-order valence-electron chi connectivity index (χ4n) is 3.92. The number of aromatic nitrogens is 1. The number of carbonyl (C=O) groups is 1. The van der Waals surface area contributed by atoms with Gasteiger partial charge in [0.1, 0.15) is 0 Å². The summed E-state index contributed by atoms with van der Waals surface area (Å²) in [7, 11) is 0. The number of nitrogens with zero attached hydrogens (tertiary/aromatic N) is 2. The number of nitrogens with one attached hydrogen (secondary N) is 1. The number of amides is 1. The molecule has 2 bridgehead atoms. The lowest BCUT2D eigenvalue weighted by molar-refractivity contribution is 0.0210. The van der Waals surface area contributed by atoms with Gasteiger partial charge < -0.3 is 9.73 Å². The molecule has 5 rings (SSSR count). The molecule has 2 unspecified atom stereocenters. The standard InChI is InChI=1S/C18H20BrN3O2/c1-11-16(12-6-8-22(11)9-7-12)21-17(23)18-20-10-15(24-18)13-4-2-3-5-14(13)19/h2-5,10-12,16H,6-9H2,1H3,(H,21,23). The Bertz CT molecular complexity index is 750. The van der Waals surface area contributed by atoms with Gasteiger partial charge in [-0.25, -0.2) is 4.98 Å². The van der Waals surface area contributed by atoms with Crippen LogP contribution in [-0.2, 0) is 0 Å². The van der Waals surface area contributed by atoms with Gasteiger partial charge in [-0.15, -0.1) is 0 Å². The first-order chi connectivity index (χ1) is 11.6. The first kappa shape index (κ1) is 15.8. The largest absolute Gasteiger partial charge is 0.432 e. The molecule has 3 aliphatic heterocycles. The molecule has 3 fully saturated rings. The molecule has 1 amide bonds. The van der Waals surface area contributed by atoms with Crippen molar-refractivity contribution in [1.29, 1.82) is 0 Å². The number of benzene rings is 1. The third-order valence-corrected chi connectivity index (χ3v) is 6.01. The zero-order valence-electron chi connectivity index (χ0n) is 13.5. The Labute approximate surface area is 149 Å². The lowest BCUT2D eigenvalue weighted by Gasteiger charge is -2.49. The number of oxazole rings is 1. The molecule has 2 atom stereocenters. The molecule has 1 N–H and O–H groups in total. The molecule has 0 radical (unpaired) electrons. The van der Waals surface area contributed by atoms with Crippen LogP contribution >= 0.6 is 15.9 Å². The first-order valence-corrected chi connectivity index (χ1v) is 9.18. The Hall–Kier alpha value is -1.66. The van der Waals surface area contributed by atoms with Gasteiger partial charge in [-0.1, -0.05) is 34.1 Å². The summed E-state index contributed by atoms with van der Waals surface area (Å²) < 4.78 is 6.62. The summed E-state index contributed by atoms with van der Waals surface area (Å²) in [6, 6.07) is 8.29. The highest BCUT2D eigenvalue weighted by Gasteiger charge is 2.40. The van der Waals surface area contributed by atoms with Crippen molar-refractivity contribution in [3.63, 3.8) is 0 Å². The Balaban J connectivity index is 1.51. The van der Waals surface area contributed by atoms with E-state index in [1.54, 1.807) is 6.20 Å². The molecule has 24 heavy (non-hydrogen) atoms. The molecule has 1 aromatic heterocycles. The Kier molecular flexibility index (Phi) is 4.18. The summed E-state index contributed by atoms with van der Waals surface area (Å²) in [6.07, 6.45) is 3.92. The van der Waals surface area contributed by atoms with E-state index in [1.807, 2.05) is 24.3 Å². The number of rotatable bonds is 3. The Morgan fingerprint density at radius 2 is 2.08 bits per heavy atom. The van der Waals surface area contributed by atoms with Crippen LogP contribution in [0.25, 0.3) is 11.3 Å². The second-order valence-corrected chi connectivity index (χ2v) is 7.48. The molecule has 126 valence electrons. The highest BCUT2D eigenvalue weighted by molar-refractivity contribution is 9.10. The number of fused-ring (bicyclic) bond motifs is 3. The van der Waals surface area contributed by atoms with Crippen molar-refractivity contribution in [2.24, 2.45) is 5.92 Å². The minimum absolute atomic E-state index is 0.129. The second kappa shape index (κ2) is 6.33. The molecular weight excluding hydrogens is 370 g/mol. The minimum Gasteiger partial charge on any atom is -0.432 e. The number of hydrogen-bond acceptors (Lipinski definition) is 4. The summed E-state index contributed by atoms with van der Waals surface area (Å²) in [5, 5.41) is 3.15. The van der Waals surface area contributed by atoms with Crippen LogP contribution in [0.4, 0.5) is 0 Å². The second-order valence-electron chi connectivity index (χ2n) is 6.62. The Morgan fingerprint density at radius 1 is 1.33 bits per heavy atom. The van der Waals surface area contributed by atoms with Crippen LogP contribution in [0, 0.1) is 5.92 Å². The van der Waals surface area contributed by atoms with E-state index in [2.05, 4.69) is 38.1 Å². The molecule has 2 aromatic rings. The van der Waals surface area contributed by atoms with Crippen molar-refractivity contribution < 1.29 is 9.21 Å². The monoisotopic (exact) mass is 389 g/mol. The van der Waals surface area contributed by atoms with Gasteiger partial charge in [-0.3, -0.25) is 9.69 Å². The molecule has 0 saturated carbocycles. The number of carbonyl (C=O) groups excluding carboxylic acids is 1. The van der Waals surface area contributed by atoms with Crippen LogP contribution < -0.4 is 5.32 Å². The van der Waals surface area contributed by atoms with E-state index < -0.39 is 0 Å². The highest BCUT2D eigenvalue weighted by Crippen LogP contribution is 2.32.